The molecule has 1 fully saturated rings. The summed E-state index contributed by atoms with van der Waals surface area (Å²) in [7, 11) is 0. The molecule has 4 nitrogen and oxygen atoms in total. The Bertz CT molecular complexity index is 503. The highest BCUT2D eigenvalue weighted by Gasteiger charge is 2.34. The van der Waals surface area contributed by atoms with Gasteiger partial charge in [0.1, 0.15) is 11.7 Å². The molecule has 1 aromatic rings. The van der Waals surface area contributed by atoms with Gasteiger partial charge in [0.2, 0.25) is 5.88 Å². The third-order valence-corrected chi connectivity index (χ3v) is 4.61. The Kier molecular flexibility index (Phi) is 4.63. The van der Waals surface area contributed by atoms with Gasteiger partial charge in [0.05, 0.1) is 6.54 Å². The molecule has 5 heteroatoms. The Hall–Kier alpha value is -1.29. The van der Waals surface area contributed by atoms with Crippen LogP contribution in [0.5, 0.6) is 5.88 Å². The van der Waals surface area contributed by atoms with Crippen molar-refractivity contribution >= 4 is 17.5 Å². The van der Waals surface area contributed by atoms with Crippen LogP contribution < -0.4 is 4.74 Å². The molecular weight excluding hydrogens is 288 g/mol. The lowest BCUT2D eigenvalue weighted by Crippen LogP contribution is -2.45. The molecule has 114 valence electrons. The molecule has 1 atom stereocenters. The third kappa shape index (κ3) is 3.15. The van der Waals surface area contributed by atoms with Gasteiger partial charge in [-0.25, -0.2) is 4.98 Å². The Morgan fingerprint density at radius 3 is 2.90 bits per heavy atom. The van der Waals surface area contributed by atoms with Crippen molar-refractivity contribution in [3.63, 3.8) is 0 Å². The van der Waals surface area contributed by atoms with E-state index in [9.17, 15) is 4.79 Å². The van der Waals surface area contributed by atoms with E-state index in [1.54, 1.807) is 12.3 Å². The lowest BCUT2D eigenvalue weighted by Gasteiger charge is -2.34. The molecule has 2 aliphatic rings. The number of hydrogen-bond acceptors (Lipinski definition) is 3. The lowest BCUT2D eigenvalue weighted by molar-refractivity contribution is 0.0554. The fraction of sp³-hybridized carbons (Fsp3) is 0.625. The summed E-state index contributed by atoms with van der Waals surface area (Å²) in [6.45, 7) is 0.618. The Morgan fingerprint density at radius 1 is 1.33 bits per heavy atom. The summed E-state index contributed by atoms with van der Waals surface area (Å²) in [5, 5.41) is 0. The van der Waals surface area contributed by atoms with Crippen molar-refractivity contribution in [1.82, 2.24) is 9.88 Å². The van der Waals surface area contributed by atoms with Crippen molar-refractivity contribution in [3.8, 4) is 5.88 Å². The lowest BCUT2D eigenvalue weighted by atomic mass is 9.93. The van der Waals surface area contributed by atoms with Crippen LogP contribution in [0, 0.1) is 0 Å². The van der Waals surface area contributed by atoms with Crippen molar-refractivity contribution in [1.29, 1.82) is 0 Å². The summed E-state index contributed by atoms with van der Waals surface area (Å²) in [5.74, 6) is 1.04. The average molecular weight is 309 g/mol. The molecule has 0 N–H and O–H groups in total. The summed E-state index contributed by atoms with van der Waals surface area (Å²) in [4.78, 5) is 19.1. The summed E-state index contributed by atoms with van der Waals surface area (Å²) in [5.41, 5.74) is 0.583. The number of carbonyl (C=O) groups excluding carboxylic acids is 1. The highest BCUT2D eigenvalue weighted by Crippen LogP contribution is 2.29. The molecule has 0 aromatic carbocycles. The summed E-state index contributed by atoms with van der Waals surface area (Å²) >= 11 is 5.88. The van der Waals surface area contributed by atoms with Crippen molar-refractivity contribution in [2.75, 3.05) is 12.4 Å². The number of rotatable bonds is 3. The third-order valence-electron chi connectivity index (χ3n) is 4.39. The van der Waals surface area contributed by atoms with Crippen LogP contribution in [0.2, 0.25) is 0 Å². The van der Waals surface area contributed by atoms with E-state index in [0.29, 0.717) is 29.9 Å². The number of halogens is 1. The topological polar surface area (TPSA) is 42.4 Å². The monoisotopic (exact) mass is 308 g/mol. The maximum Gasteiger partial charge on any atom is 0.259 e. The molecule has 0 spiro atoms. The SMILES string of the molecule is O=C1c2cccnc2OC(CCCl)CN1C1CCCCC1. The van der Waals surface area contributed by atoms with Gasteiger partial charge in [0.15, 0.2) is 0 Å². The number of alkyl halides is 1. The summed E-state index contributed by atoms with van der Waals surface area (Å²) in [6, 6.07) is 3.93. The van der Waals surface area contributed by atoms with Crippen molar-refractivity contribution < 1.29 is 9.53 Å². The normalized spacial score (nSPS) is 23.4. The summed E-state index contributed by atoms with van der Waals surface area (Å²) in [6.07, 6.45) is 8.20. The Morgan fingerprint density at radius 2 is 2.14 bits per heavy atom. The van der Waals surface area contributed by atoms with E-state index in [0.717, 1.165) is 19.3 Å². The van der Waals surface area contributed by atoms with Gasteiger partial charge in [-0.2, -0.15) is 0 Å². The Balaban J connectivity index is 1.89. The number of fused-ring (bicyclic) bond motifs is 1. The van der Waals surface area contributed by atoms with Gasteiger partial charge in [-0.3, -0.25) is 4.79 Å². The van der Waals surface area contributed by atoms with Gasteiger partial charge in [-0.15, -0.1) is 11.6 Å². The molecule has 0 radical (unpaired) electrons. The minimum atomic E-state index is -0.0653. The highest BCUT2D eigenvalue weighted by molar-refractivity contribution is 6.17. The number of nitrogens with zero attached hydrogens (tertiary/aromatic N) is 2. The van der Waals surface area contributed by atoms with E-state index >= 15 is 0 Å². The zero-order valence-corrected chi connectivity index (χ0v) is 12.9. The highest BCUT2D eigenvalue weighted by atomic mass is 35.5. The van der Waals surface area contributed by atoms with Crippen LogP contribution in [0.4, 0.5) is 0 Å². The van der Waals surface area contributed by atoms with E-state index in [4.69, 9.17) is 16.3 Å². The van der Waals surface area contributed by atoms with E-state index in [1.807, 2.05) is 11.0 Å². The standard InChI is InChI=1S/C16H21ClN2O2/c17-9-8-13-11-19(12-5-2-1-3-6-12)16(20)14-7-4-10-18-15(14)21-13/h4,7,10,12-13H,1-3,5-6,8-9,11H2. The van der Waals surface area contributed by atoms with Crippen LogP contribution in [0.1, 0.15) is 48.9 Å². The van der Waals surface area contributed by atoms with Gasteiger partial charge in [0.25, 0.3) is 5.91 Å². The van der Waals surface area contributed by atoms with Crippen molar-refractivity contribution in [3.05, 3.63) is 23.9 Å². The van der Waals surface area contributed by atoms with Gasteiger partial charge >= 0.3 is 0 Å². The van der Waals surface area contributed by atoms with Crippen LogP contribution in [0.3, 0.4) is 0 Å². The fourth-order valence-corrected chi connectivity index (χ4v) is 3.52. The minimum absolute atomic E-state index is 0.0575. The molecule has 21 heavy (non-hydrogen) atoms. The minimum Gasteiger partial charge on any atom is -0.472 e. The van der Waals surface area contributed by atoms with Crippen molar-refractivity contribution in [2.24, 2.45) is 0 Å². The zero-order chi connectivity index (χ0) is 14.7. The number of pyridine rings is 1. The molecule has 3 rings (SSSR count). The maximum atomic E-state index is 12.9. The average Bonchev–Trinajstić information content (AvgIpc) is 2.66. The molecule has 1 amide bonds. The number of amides is 1. The van der Waals surface area contributed by atoms with Gasteiger partial charge in [-0.05, 0) is 31.4 Å². The summed E-state index contributed by atoms with van der Waals surface area (Å²) < 4.78 is 5.93. The number of ether oxygens (including phenoxy) is 1. The second-order valence-electron chi connectivity index (χ2n) is 5.82. The first-order valence-electron chi connectivity index (χ1n) is 7.78. The molecule has 1 aromatic heterocycles. The second kappa shape index (κ2) is 6.65. The number of carbonyl (C=O) groups is 1. The number of aromatic nitrogens is 1. The van der Waals surface area contributed by atoms with E-state index in [-0.39, 0.29) is 12.0 Å². The first kappa shape index (κ1) is 14.6. The smallest absolute Gasteiger partial charge is 0.259 e. The fourth-order valence-electron chi connectivity index (χ4n) is 3.28. The largest absolute Gasteiger partial charge is 0.472 e. The van der Waals surface area contributed by atoms with Crippen LogP contribution in [-0.2, 0) is 0 Å². The van der Waals surface area contributed by atoms with E-state index in [2.05, 4.69) is 4.98 Å². The molecule has 0 bridgehead atoms. The maximum absolute atomic E-state index is 12.9. The molecule has 2 heterocycles. The first-order valence-corrected chi connectivity index (χ1v) is 8.31. The first-order chi connectivity index (χ1) is 10.3. The number of hydrogen-bond donors (Lipinski definition) is 0. The Labute approximate surface area is 130 Å². The van der Waals surface area contributed by atoms with Crippen molar-refractivity contribution in [2.45, 2.75) is 50.7 Å². The van der Waals surface area contributed by atoms with E-state index < -0.39 is 0 Å². The van der Waals surface area contributed by atoms with Gasteiger partial charge in [-0.1, -0.05) is 19.3 Å². The molecule has 0 saturated heterocycles. The van der Waals surface area contributed by atoms with Gasteiger partial charge < -0.3 is 9.64 Å². The van der Waals surface area contributed by atoms with Crippen LogP contribution in [0.15, 0.2) is 18.3 Å². The molecule has 1 aliphatic heterocycles. The second-order valence-corrected chi connectivity index (χ2v) is 6.20. The van der Waals surface area contributed by atoms with Gasteiger partial charge in [0, 0.05) is 18.1 Å². The quantitative estimate of drug-likeness (QED) is 0.805. The predicted molar refractivity (Wildman–Crippen MR) is 81.9 cm³/mol. The van der Waals surface area contributed by atoms with Crippen LogP contribution >= 0.6 is 11.6 Å². The van der Waals surface area contributed by atoms with Crippen LogP contribution in [0.25, 0.3) is 0 Å². The molecule has 1 aliphatic carbocycles. The predicted octanol–water partition coefficient (Wildman–Crippen LogP) is 3.25. The molecule has 1 saturated carbocycles. The molecular formula is C16H21ClN2O2. The zero-order valence-electron chi connectivity index (χ0n) is 12.1. The molecule has 1 unspecified atom stereocenters. The van der Waals surface area contributed by atoms with E-state index in [1.165, 1.54) is 19.3 Å². The van der Waals surface area contributed by atoms with Crippen LogP contribution in [-0.4, -0.2) is 40.4 Å².